The third-order valence-corrected chi connectivity index (χ3v) is 8.45. The van der Waals surface area contributed by atoms with Gasteiger partial charge in [-0.05, 0) is 64.7 Å². The number of epoxide rings is 1. The topological polar surface area (TPSA) is 66.9 Å². The minimum absolute atomic E-state index is 0.0787. The first-order chi connectivity index (χ1) is 15.3. The van der Waals surface area contributed by atoms with Gasteiger partial charge < -0.3 is 9.84 Å². The molecule has 1 fully saturated rings. The average molecular weight is 463 g/mol. The third kappa shape index (κ3) is 6.78. The Morgan fingerprint density at radius 3 is 1.85 bits per heavy atom. The van der Waals surface area contributed by atoms with Crippen molar-refractivity contribution in [3.8, 4) is 0 Å². The molecule has 2 unspecified atom stereocenters. The Labute approximate surface area is 202 Å². The summed E-state index contributed by atoms with van der Waals surface area (Å²) < 4.78 is 5.80. The van der Waals surface area contributed by atoms with E-state index in [1.807, 2.05) is 6.92 Å². The second-order valence-electron chi connectivity index (χ2n) is 12.2. The van der Waals surface area contributed by atoms with Crippen LogP contribution in [-0.2, 0) is 14.3 Å². The van der Waals surface area contributed by atoms with E-state index in [2.05, 4.69) is 27.7 Å². The van der Waals surface area contributed by atoms with Gasteiger partial charge in [0.1, 0.15) is 0 Å². The number of carbonyl (C=O) groups excluding carboxylic acids is 2. The molecule has 2 aliphatic rings. The maximum atomic E-state index is 12.9. The van der Waals surface area contributed by atoms with Crippen molar-refractivity contribution in [1.82, 2.24) is 0 Å². The van der Waals surface area contributed by atoms with Crippen LogP contribution in [0.1, 0.15) is 126 Å². The molecular formula is C29H50O4. The van der Waals surface area contributed by atoms with Gasteiger partial charge in [0.15, 0.2) is 22.8 Å². The Hall–Kier alpha value is -1.00. The van der Waals surface area contributed by atoms with Gasteiger partial charge in [-0.2, -0.15) is 0 Å². The van der Waals surface area contributed by atoms with E-state index in [1.54, 1.807) is 20.8 Å². The van der Waals surface area contributed by atoms with E-state index < -0.39 is 16.8 Å². The Morgan fingerprint density at radius 2 is 1.30 bits per heavy atom. The Bertz CT molecular complexity index is 734. The molecular weight excluding hydrogens is 412 g/mol. The molecule has 1 aliphatic carbocycles. The maximum Gasteiger partial charge on any atom is 0.194 e. The number of fused-ring (bicyclic) bond motifs is 1. The summed E-state index contributed by atoms with van der Waals surface area (Å²) in [6.45, 7) is 16.3. The number of rotatable bonds is 15. The minimum atomic E-state index is -1.06. The summed E-state index contributed by atoms with van der Waals surface area (Å²) in [5.74, 6) is 2.15. The molecule has 33 heavy (non-hydrogen) atoms. The Kier molecular flexibility index (Phi) is 9.55. The molecule has 0 aromatic heterocycles. The first-order valence-corrected chi connectivity index (χ1v) is 13.5. The zero-order valence-corrected chi connectivity index (χ0v) is 22.7. The van der Waals surface area contributed by atoms with E-state index in [1.165, 1.54) is 38.5 Å². The lowest BCUT2D eigenvalue weighted by molar-refractivity contribution is -0.125. The van der Waals surface area contributed by atoms with Crippen LogP contribution < -0.4 is 0 Å². The van der Waals surface area contributed by atoms with Gasteiger partial charge in [0.2, 0.25) is 0 Å². The molecule has 0 amide bonds. The van der Waals surface area contributed by atoms with Crippen LogP contribution >= 0.6 is 0 Å². The molecule has 0 aromatic rings. The summed E-state index contributed by atoms with van der Waals surface area (Å²) >= 11 is 0. The average Bonchev–Trinajstić information content (AvgIpc) is 3.36. The fourth-order valence-corrected chi connectivity index (χ4v) is 5.60. The third-order valence-electron chi connectivity index (χ3n) is 8.45. The molecule has 0 saturated carbocycles. The van der Waals surface area contributed by atoms with Crippen molar-refractivity contribution >= 4 is 11.6 Å². The summed E-state index contributed by atoms with van der Waals surface area (Å²) in [4.78, 5) is 25.5. The van der Waals surface area contributed by atoms with Crippen LogP contribution in [-0.4, -0.2) is 33.5 Å². The van der Waals surface area contributed by atoms with Gasteiger partial charge in [-0.3, -0.25) is 9.59 Å². The summed E-state index contributed by atoms with van der Waals surface area (Å²) in [5.41, 5.74) is -1.92. The van der Waals surface area contributed by atoms with Crippen molar-refractivity contribution in [2.45, 2.75) is 143 Å². The molecule has 2 rings (SSSR count). The van der Waals surface area contributed by atoms with Crippen molar-refractivity contribution in [1.29, 1.82) is 0 Å². The van der Waals surface area contributed by atoms with Gasteiger partial charge in [0, 0.05) is 11.1 Å². The smallest absolute Gasteiger partial charge is 0.194 e. The van der Waals surface area contributed by atoms with Gasteiger partial charge >= 0.3 is 0 Å². The standard InChI is InChI=1S/C29H50O4/c1-20(2)12-9-13-21(3)14-10-15-22(4)16-11-17-27(7,32)18-19-29-26(31)24(6)23(5)25(30)28(29,8)33-29/h20-22,32H,9-19H2,1-8H3/t21-,22-,27-,28?,29?/m1/s1. The summed E-state index contributed by atoms with van der Waals surface area (Å²) in [7, 11) is 0. The highest BCUT2D eigenvalue weighted by molar-refractivity contribution is 6.22. The van der Waals surface area contributed by atoms with Crippen molar-refractivity contribution < 1.29 is 19.4 Å². The largest absolute Gasteiger partial charge is 0.390 e. The van der Waals surface area contributed by atoms with Gasteiger partial charge in [-0.25, -0.2) is 0 Å². The van der Waals surface area contributed by atoms with Gasteiger partial charge in [0.25, 0.3) is 0 Å². The SMILES string of the molecule is CC1=C(C)C(=O)C2(CC[C@](C)(O)CCC[C@H](C)CCC[C@H](C)CCCC(C)C)OC2(C)C1=O. The molecule has 1 saturated heterocycles. The molecule has 0 radical (unpaired) electrons. The maximum absolute atomic E-state index is 12.9. The van der Waals surface area contributed by atoms with Crippen LogP contribution in [0.25, 0.3) is 0 Å². The zero-order valence-electron chi connectivity index (χ0n) is 22.7. The monoisotopic (exact) mass is 462 g/mol. The lowest BCUT2D eigenvalue weighted by Gasteiger charge is -2.28. The van der Waals surface area contributed by atoms with E-state index in [9.17, 15) is 14.7 Å². The zero-order chi connectivity index (χ0) is 25.0. The number of aliphatic hydroxyl groups is 1. The normalized spacial score (nSPS) is 28.7. The van der Waals surface area contributed by atoms with Crippen LogP contribution in [0.4, 0.5) is 0 Å². The number of Topliss-reactive ketones (excluding diaryl/α,β-unsaturated/α-hetero) is 2. The van der Waals surface area contributed by atoms with Crippen molar-refractivity contribution in [3.63, 3.8) is 0 Å². The first kappa shape index (κ1) is 28.2. The van der Waals surface area contributed by atoms with Crippen molar-refractivity contribution in [2.75, 3.05) is 0 Å². The molecule has 1 heterocycles. The highest BCUT2D eigenvalue weighted by Gasteiger charge is 2.77. The number of ketones is 2. The molecule has 1 aliphatic heterocycles. The molecule has 0 aromatic carbocycles. The van der Waals surface area contributed by atoms with Crippen LogP contribution in [0, 0.1) is 17.8 Å². The van der Waals surface area contributed by atoms with E-state index >= 15 is 0 Å². The Balaban J connectivity index is 1.68. The summed E-state index contributed by atoms with van der Waals surface area (Å²) in [5, 5.41) is 11.0. The van der Waals surface area contributed by atoms with Crippen LogP contribution in [0.2, 0.25) is 0 Å². The van der Waals surface area contributed by atoms with Crippen LogP contribution in [0.3, 0.4) is 0 Å². The predicted molar refractivity (Wildman–Crippen MR) is 135 cm³/mol. The molecule has 5 atom stereocenters. The van der Waals surface area contributed by atoms with Crippen molar-refractivity contribution in [2.24, 2.45) is 17.8 Å². The lowest BCUT2D eigenvalue weighted by Crippen LogP contribution is -2.44. The summed E-state index contributed by atoms with van der Waals surface area (Å²) in [6, 6.07) is 0. The number of ether oxygens (including phenoxy) is 1. The second-order valence-corrected chi connectivity index (χ2v) is 12.2. The highest BCUT2D eigenvalue weighted by atomic mass is 16.6. The Morgan fingerprint density at radius 1 is 0.818 bits per heavy atom. The van der Waals surface area contributed by atoms with Crippen molar-refractivity contribution in [3.05, 3.63) is 11.1 Å². The number of carbonyl (C=O) groups is 2. The lowest BCUT2D eigenvalue weighted by atomic mass is 9.72. The molecule has 0 spiro atoms. The van der Waals surface area contributed by atoms with Crippen LogP contribution in [0.15, 0.2) is 11.1 Å². The highest BCUT2D eigenvalue weighted by Crippen LogP contribution is 2.57. The van der Waals surface area contributed by atoms with E-state index in [0.29, 0.717) is 36.3 Å². The fraction of sp³-hybridized carbons (Fsp3) is 0.862. The fourth-order valence-electron chi connectivity index (χ4n) is 5.60. The first-order valence-electron chi connectivity index (χ1n) is 13.5. The molecule has 0 bridgehead atoms. The quantitative estimate of drug-likeness (QED) is 0.267. The van der Waals surface area contributed by atoms with Gasteiger partial charge in [-0.1, -0.05) is 79.1 Å². The number of hydrogen-bond donors (Lipinski definition) is 1. The van der Waals surface area contributed by atoms with E-state index in [0.717, 1.165) is 24.7 Å². The molecule has 4 nitrogen and oxygen atoms in total. The predicted octanol–water partition coefficient (Wildman–Crippen LogP) is 6.97. The van der Waals surface area contributed by atoms with E-state index in [-0.39, 0.29) is 11.6 Å². The van der Waals surface area contributed by atoms with Gasteiger partial charge in [-0.15, -0.1) is 0 Å². The molecule has 190 valence electrons. The molecule has 1 N–H and O–H groups in total. The number of hydrogen-bond acceptors (Lipinski definition) is 4. The summed E-state index contributed by atoms with van der Waals surface area (Å²) in [6.07, 6.45) is 11.6. The minimum Gasteiger partial charge on any atom is -0.390 e. The van der Waals surface area contributed by atoms with Gasteiger partial charge in [0.05, 0.1) is 5.60 Å². The van der Waals surface area contributed by atoms with Crippen LogP contribution in [0.5, 0.6) is 0 Å². The van der Waals surface area contributed by atoms with E-state index in [4.69, 9.17) is 4.74 Å². The molecule has 4 heteroatoms. The second kappa shape index (κ2) is 11.2.